The second kappa shape index (κ2) is 5.17. The van der Waals surface area contributed by atoms with Crippen molar-refractivity contribution < 1.29 is 4.74 Å². The summed E-state index contributed by atoms with van der Waals surface area (Å²) in [6.45, 7) is 4.67. The zero-order valence-corrected chi connectivity index (χ0v) is 11.5. The molecule has 1 fully saturated rings. The summed E-state index contributed by atoms with van der Waals surface area (Å²) in [5.74, 6) is 3.10. The standard InChI is InChI=1S/C13H20N2OS/c1-13(2)6-7-17-9-11(13)15-10-4-5-12(16-3)14-8-10/h4-5,8,11,15H,6-7,9H2,1-3H3. The van der Waals surface area contributed by atoms with Gasteiger partial charge in [-0.1, -0.05) is 13.8 Å². The molecule has 1 saturated heterocycles. The Morgan fingerprint density at radius 2 is 2.29 bits per heavy atom. The molecule has 3 nitrogen and oxygen atoms in total. The summed E-state index contributed by atoms with van der Waals surface area (Å²) in [4.78, 5) is 4.22. The molecule has 2 heterocycles. The van der Waals surface area contributed by atoms with E-state index in [1.54, 1.807) is 7.11 Å². The third kappa shape index (κ3) is 3.06. The average Bonchev–Trinajstić information content (AvgIpc) is 2.33. The average molecular weight is 252 g/mol. The van der Waals surface area contributed by atoms with E-state index in [1.165, 1.54) is 17.9 Å². The largest absolute Gasteiger partial charge is 0.481 e. The predicted molar refractivity (Wildman–Crippen MR) is 73.9 cm³/mol. The Balaban J connectivity index is 2.03. The van der Waals surface area contributed by atoms with Crippen molar-refractivity contribution in [2.24, 2.45) is 5.41 Å². The lowest BCUT2D eigenvalue weighted by Crippen LogP contribution is -2.41. The van der Waals surface area contributed by atoms with Crippen LogP contribution in [-0.4, -0.2) is 29.6 Å². The van der Waals surface area contributed by atoms with Gasteiger partial charge in [0.2, 0.25) is 5.88 Å². The molecule has 0 aliphatic carbocycles. The molecule has 1 aliphatic rings. The van der Waals surface area contributed by atoms with Gasteiger partial charge in [-0.05, 0) is 23.7 Å². The molecule has 2 rings (SSSR count). The second-order valence-electron chi connectivity index (χ2n) is 5.10. The van der Waals surface area contributed by atoms with Crippen LogP contribution in [-0.2, 0) is 0 Å². The van der Waals surface area contributed by atoms with Crippen molar-refractivity contribution in [1.29, 1.82) is 0 Å². The molecule has 1 aromatic rings. The monoisotopic (exact) mass is 252 g/mol. The normalized spacial score (nSPS) is 23.1. The number of hydrogen-bond donors (Lipinski definition) is 1. The fraction of sp³-hybridized carbons (Fsp3) is 0.615. The highest BCUT2D eigenvalue weighted by molar-refractivity contribution is 7.99. The molecular weight excluding hydrogens is 232 g/mol. The van der Waals surface area contributed by atoms with Gasteiger partial charge in [-0.25, -0.2) is 4.98 Å². The van der Waals surface area contributed by atoms with Gasteiger partial charge in [0.1, 0.15) is 0 Å². The van der Waals surface area contributed by atoms with E-state index >= 15 is 0 Å². The van der Waals surface area contributed by atoms with E-state index in [0.29, 0.717) is 17.3 Å². The molecule has 17 heavy (non-hydrogen) atoms. The summed E-state index contributed by atoms with van der Waals surface area (Å²) < 4.78 is 5.06. The molecule has 0 bridgehead atoms. The van der Waals surface area contributed by atoms with Crippen LogP contribution in [0.4, 0.5) is 5.69 Å². The number of pyridine rings is 1. The molecule has 0 radical (unpaired) electrons. The van der Waals surface area contributed by atoms with Crippen molar-refractivity contribution >= 4 is 17.4 Å². The van der Waals surface area contributed by atoms with Crippen LogP contribution in [0, 0.1) is 5.41 Å². The van der Waals surface area contributed by atoms with Gasteiger partial charge in [0.15, 0.2) is 0 Å². The number of ether oxygens (including phenoxy) is 1. The van der Waals surface area contributed by atoms with E-state index in [1.807, 2.05) is 30.1 Å². The Bertz CT molecular complexity index is 364. The molecule has 1 unspecified atom stereocenters. The number of aromatic nitrogens is 1. The fourth-order valence-corrected chi connectivity index (χ4v) is 3.57. The number of thioether (sulfide) groups is 1. The summed E-state index contributed by atoms with van der Waals surface area (Å²) in [7, 11) is 1.64. The van der Waals surface area contributed by atoms with Gasteiger partial charge in [0, 0.05) is 17.9 Å². The van der Waals surface area contributed by atoms with Gasteiger partial charge in [-0.3, -0.25) is 0 Å². The smallest absolute Gasteiger partial charge is 0.213 e. The minimum Gasteiger partial charge on any atom is -0.481 e. The lowest BCUT2D eigenvalue weighted by atomic mass is 9.82. The third-order valence-electron chi connectivity index (χ3n) is 3.40. The summed E-state index contributed by atoms with van der Waals surface area (Å²) in [6.07, 6.45) is 3.10. The van der Waals surface area contributed by atoms with Gasteiger partial charge in [-0.15, -0.1) is 0 Å². The van der Waals surface area contributed by atoms with E-state index in [2.05, 4.69) is 24.1 Å². The van der Waals surface area contributed by atoms with Crippen LogP contribution < -0.4 is 10.1 Å². The van der Waals surface area contributed by atoms with E-state index in [4.69, 9.17) is 4.74 Å². The maximum atomic E-state index is 5.06. The first-order valence-electron chi connectivity index (χ1n) is 5.96. The molecule has 4 heteroatoms. The Morgan fingerprint density at radius 1 is 1.47 bits per heavy atom. The SMILES string of the molecule is COc1ccc(NC2CSCCC2(C)C)cn1. The third-order valence-corrected chi connectivity index (χ3v) is 4.47. The van der Waals surface area contributed by atoms with Crippen molar-refractivity contribution in [2.45, 2.75) is 26.3 Å². The first kappa shape index (κ1) is 12.6. The molecule has 0 saturated carbocycles. The summed E-state index contributed by atoms with van der Waals surface area (Å²) in [6, 6.07) is 4.43. The van der Waals surface area contributed by atoms with Crippen molar-refractivity contribution in [1.82, 2.24) is 4.98 Å². The van der Waals surface area contributed by atoms with Gasteiger partial charge in [-0.2, -0.15) is 11.8 Å². The van der Waals surface area contributed by atoms with Gasteiger partial charge < -0.3 is 10.1 Å². The van der Waals surface area contributed by atoms with E-state index in [-0.39, 0.29) is 0 Å². The Hall–Kier alpha value is -0.900. The molecule has 1 aromatic heterocycles. The molecule has 0 spiro atoms. The van der Waals surface area contributed by atoms with E-state index in [0.717, 1.165) is 5.69 Å². The number of methoxy groups -OCH3 is 1. The van der Waals surface area contributed by atoms with Crippen molar-refractivity contribution in [3.05, 3.63) is 18.3 Å². The molecule has 1 N–H and O–H groups in total. The number of rotatable bonds is 3. The van der Waals surface area contributed by atoms with Crippen LogP contribution in [0.2, 0.25) is 0 Å². The van der Waals surface area contributed by atoms with E-state index < -0.39 is 0 Å². The minimum atomic E-state index is 0.352. The Kier molecular flexibility index (Phi) is 3.82. The molecule has 0 aromatic carbocycles. The Morgan fingerprint density at radius 3 is 2.88 bits per heavy atom. The van der Waals surface area contributed by atoms with Crippen molar-refractivity contribution in [2.75, 3.05) is 23.9 Å². The van der Waals surface area contributed by atoms with Gasteiger partial charge in [0.25, 0.3) is 0 Å². The maximum Gasteiger partial charge on any atom is 0.213 e. The molecule has 1 aliphatic heterocycles. The quantitative estimate of drug-likeness (QED) is 0.896. The number of nitrogens with one attached hydrogen (secondary N) is 1. The fourth-order valence-electron chi connectivity index (χ4n) is 1.96. The topological polar surface area (TPSA) is 34.1 Å². The lowest BCUT2D eigenvalue weighted by molar-refractivity contribution is 0.305. The molecule has 94 valence electrons. The van der Waals surface area contributed by atoms with Crippen molar-refractivity contribution in [3.8, 4) is 5.88 Å². The second-order valence-corrected chi connectivity index (χ2v) is 6.25. The predicted octanol–water partition coefficient (Wildman–Crippen LogP) is 3.03. The first-order valence-corrected chi connectivity index (χ1v) is 7.11. The number of nitrogens with zero attached hydrogens (tertiary/aromatic N) is 1. The highest BCUT2D eigenvalue weighted by atomic mass is 32.2. The first-order chi connectivity index (χ1) is 8.12. The summed E-state index contributed by atoms with van der Waals surface area (Å²) in [5, 5.41) is 3.58. The maximum absolute atomic E-state index is 5.06. The minimum absolute atomic E-state index is 0.352. The van der Waals surface area contributed by atoms with Crippen LogP contribution in [0.25, 0.3) is 0 Å². The van der Waals surface area contributed by atoms with Crippen LogP contribution in [0.15, 0.2) is 18.3 Å². The van der Waals surface area contributed by atoms with Gasteiger partial charge in [0.05, 0.1) is 19.0 Å². The van der Waals surface area contributed by atoms with Crippen LogP contribution in [0.1, 0.15) is 20.3 Å². The Labute approximate surface area is 107 Å². The van der Waals surface area contributed by atoms with Crippen LogP contribution in [0.5, 0.6) is 5.88 Å². The number of hydrogen-bond acceptors (Lipinski definition) is 4. The highest BCUT2D eigenvalue weighted by Crippen LogP contribution is 2.35. The van der Waals surface area contributed by atoms with Crippen LogP contribution >= 0.6 is 11.8 Å². The zero-order valence-electron chi connectivity index (χ0n) is 10.7. The van der Waals surface area contributed by atoms with Crippen LogP contribution in [0.3, 0.4) is 0 Å². The molecule has 1 atom stereocenters. The highest BCUT2D eigenvalue weighted by Gasteiger charge is 2.32. The summed E-state index contributed by atoms with van der Waals surface area (Å²) >= 11 is 2.02. The molecule has 0 amide bonds. The molecular formula is C13H20N2OS. The van der Waals surface area contributed by atoms with Crippen molar-refractivity contribution in [3.63, 3.8) is 0 Å². The zero-order chi connectivity index (χ0) is 12.3. The summed E-state index contributed by atoms with van der Waals surface area (Å²) in [5.41, 5.74) is 1.43. The number of anilines is 1. The van der Waals surface area contributed by atoms with Gasteiger partial charge >= 0.3 is 0 Å². The lowest BCUT2D eigenvalue weighted by Gasteiger charge is -2.39. The van der Waals surface area contributed by atoms with E-state index in [9.17, 15) is 0 Å².